The van der Waals surface area contributed by atoms with E-state index in [-0.39, 0.29) is 5.41 Å². The van der Waals surface area contributed by atoms with Gasteiger partial charge in [-0.1, -0.05) is 41.9 Å². The smallest absolute Gasteiger partial charge is 0.303 e. The highest BCUT2D eigenvalue weighted by atomic mass is 35.5. The van der Waals surface area contributed by atoms with E-state index in [0.29, 0.717) is 22.5 Å². The molecule has 2 aromatic heterocycles. The zero-order chi connectivity index (χ0) is 21.0. The summed E-state index contributed by atoms with van der Waals surface area (Å²) >= 11 is 7.99. The molecule has 6 heteroatoms. The fraction of sp³-hybridized carbons (Fsp3) is 0.333. The molecular formula is C24H24ClNO3S. The highest BCUT2D eigenvalue weighted by molar-refractivity contribution is 7.99. The minimum Gasteiger partial charge on any atom is -0.481 e. The fourth-order valence-electron chi connectivity index (χ4n) is 3.56. The first-order valence-corrected chi connectivity index (χ1v) is 11.7. The van der Waals surface area contributed by atoms with Crippen molar-refractivity contribution in [3.8, 4) is 0 Å². The largest absolute Gasteiger partial charge is 0.481 e. The Bertz CT molecular complexity index is 1070. The molecule has 1 aromatic carbocycles. The van der Waals surface area contributed by atoms with Gasteiger partial charge in [-0.3, -0.25) is 4.79 Å². The summed E-state index contributed by atoms with van der Waals surface area (Å²) in [7, 11) is 0. The van der Waals surface area contributed by atoms with Gasteiger partial charge in [-0.05, 0) is 71.9 Å². The van der Waals surface area contributed by atoms with E-state index in [2.05, 4.69) is 35.3 Å². The van der Waals surface area contributed by atoms with Gasteiger partial charge in [0.2, 0.25) is 0 Å². The Hall–Kier alpha value is -2.24. The Morgan fingerprint density at radius 1 is 1.27 bits per heavy atom. The van der Waals surface area contributed by atoms with Crippen LogP contribution in [0.15, 0.2) is 47.1 Å². The number of benzene rings is 1. The van der Waals surface area contributed by atoms with Crippen molar-refractivity contribution in [2.24, 2.45) is 5.41 Å². The first kappa shape index (κ1) is 21.0. The Morgan fingerprint density at radius 2 is 2.13 bits per heavy atom. The Morgan fingerprint density at radius 3 is 2.93 bits per heavy atom. The number of carboxylic acids is 1. The van der Waals surface area contributed by atoms with Crippen molar-refractivity contribution in [3.05, 3.63) is 64.5 Å². The summed E-state index contributed by atoms with van der Waals surface area (Å²) in [5, 5.41) is 9.53. The molecular weight excluding hydrogens is 418 g/mol. The van der Waals surface area contributed by atoms with Crippen molar-refractivity contribution in [2.45, 2.75) is 32.1 Å². The molecule has 156 valence electrons. The number of thioether (sulfide) groups is 1. The number of carboxylic acid groups (broad SMARTS) is 1. The van der Waals surface area contributed by atoms with Crippen LogP contribution in [-0.2, 0) is 11.2 Å². The van der Waals surface area contributed by atoms with E-state index < -0.39 is 5.97 Å². The number of nitrogens with zero attached hydrogens (tertiary/aromatic N) is 1. The van der Waals surface area contributed by atoms with Gasteiger partial charge in [0.25, 0.3) is 0 Å². The van der Waals surface area contributed by atoms with Gasteiger partial charge in [0, 0.05) is 0 Å². The molecule has 1 fully saturated rings. The summed E-state index contributed by atoms with van der Waals surface area (Å²) in [6.07, 6.45) is 10.1. The number of aromatic nitrogens is 1. The van der Waals surface area contributed by atoms with Crippen molar-refractivity contribution in [3.63, 3.8) is 0 Å². The van der Waals surface area contributed by atoms with Gasteiger partial charge >= 0.3 is 5.97 Å². The average molecular weight is 442 g/mol. The summed E-state index contributed by atoms with van der Waals surface area (Å²) in [4.78, 5) is 15.5. The van der Waals surface area contributed by atoms with E-state index in [0.717, 1.165) is 48.4 Å². The summed E-state index contributed by atoms with van der Waals surface area (Å²) in [6.45, 7) is 0. The number of hydrogen-bond donors (Lipinski definition) is 1. The first-order chi connectivity index (χ1) is 14.5. The molecule has 3 aromatic rings. The number of fused-ring (bicyclic) bond motifs is 1. The second kappa shape index (κ2) is 9.27. The number of hydrogen-bond acceptors (Lipinski definition) is 4. The third-order valence-electron chi connectivity index (χ3n) is 5.44. The first-order valence-electron chi connectivity index (χ1n) is 10.1. The van der Waals surface area contributed by atoms with Crippen LogP contribution >= 0.6 is 23.4 Å². The maximum absolute atomic E-state index is 10.9. The third kappa shape index (κ3) is 5.46. The Balaban J connectivity index is 1.27. The van der Waals surface area contributed by atoms with E-state index >= 15 is 0 Å². The van der Waals surface area contributed by atoms with Crippen molar-refractivity contribution in [1.29, 1.82) is 0 Å². The molecule has 2 heterocycles. The minimum atomic E-state index is -0.666. The lowest BCUT2D eigenvalue weighted by molar-refractivity contribution is -0.138. The molecule has 1 N–H and O–H groups in total. The highest BCUT2D eigenvalue weighted by Gasteiger charge is 2.43. The number of furan rings is 1. The third-order valence-corrected chi connectivity index (χ3v) is 7.10. The number of aliphatic carboxylic acids is 1. The van der Waals surface area contributed by atoms with E-state index in [9.17, 15) is 4.79 Å². The van der Waals surface area contributed by atoms with Crippen LogP contribution in [0, 0.1) is 5.41 Å². The van der Waals surface area contributed by atoms with Crippen LogP contribution < -0.4 is 0 Å². The highest BCUT2D eigenvalue weighted by Crippen LogP contribution is 2.51. The molecule has 0 atom stereocenters. The molecule has 0 aliphatic heterocycles. The molecule has 1 aliphatic rings. The lowest BCUT2D eigenvalue weighted by Crippen LogP contribution is -2.11. The second-order valence-electron chi connectivity index (χ2n) is 7.97. The number of carbonyl (C=O) groups is 1. The van der Waals surface area contributed by atoms with E-state index in [1.165, 1.54) is 11.8 Å². The normalized spacial score (nSPS) is 15.1. The molecule has 30 heavy (non-hydrogen) atoms. The maximum atomic E-state index is 10.9. The SMILES string of the molecule is O=C(O)CC1(CSCCCc2cccc(C=Cc3ccc4occ(Cl)c4n3)c2)CC1. The molecule has 4 nitrogen and oxygen atoms in total. The molecule has 0 saturated heterocycles. The van der Waals surface area contributed by atoms with Crippen LogP contribution in [-0.4, -0.2) is 27.6 Å². The van der Waals surface area contributed by atoms with Gasteiger partial charge in [-0.25, -0.2) is 4.98 Å². The molecule has 4 rings (SSSR count). The number of rotatable bonds is 10. The van der Waals surface area contributed by atoms with Crippen LogP contribution in [0.2, 0.25) is 5.02 Å². The van der Waals surface area contributed by atoms with Gasteiger partial charge in [-0.15, -0.1) is 0 Å². The Kier molecular flexibility index (Phi) is 6.49. The van der Waals surface area contributed by atoms with Gasteiger partial charge in [-0.2, -0.15) is 11.8 Å². The predicted octanol–water partition coefficient (Wildman–Crippen LogP) is 6.57. The molecule has 0 spiro atoms. The summed E-state index contributed by atoms with van der Waals surface area (Å²) in [6, 6.07) is 12.3. The minimum absolute atomic E-state index is 0.0823. The quantitative estimate of drug-likeness (QED) is 0.360. The number of aryl methyl sites for hydroxylation is 1. The van der Waals surface area contributed by atoms with Crippen LogP contribution in [0.25, 0.3) is 23.3 Å². The van der Waals surface area contributed by atoms with Crippen molar-refractivity contribution >= 4 is 52.6 Å². The van der Waals surface area contributed by atoms with Gasteiger partial charge < -0.3 is 9.52 Å². The summed E-state index contributed by atoms with van der Waals surface area (Å²) in [5.74, 6) is 1.37. The van der Waals surface area contributed by atoms with Crippen LogP contribution in [0.1, 0.15) is 42.5 Å². The van der Waals surface area contributed by atoms with E-state index in [4.69, 9.17) is 21.1 Å². The molecule has 0 unspecified atom stereocenters. The van der Waals surface area contributed by atoms with Crippen molar-refractivity contribution in [1.82, 2.24) is 4.98 Å². The van der Waals surface area contributed by atoms with Crippen molar-refractivity contribution < 1.29 is 14.3 Å². The number of pyridine rings is 1. The summed E-state index contributed by atoms with van der Waals surface area (Å²) in [5.41, 5.74) is 4.74. The monoisotopic (exact) mass is 441 g/mol. The topological polar surface area (TPSA) is 63.3 Å². The van der Waals surface area contributed by atoms with Crippen LogP contribution in [0.4, 0.5) is 0 Å². The summed E-state index contributed by atoms with van der Waals surface area (Å²) < 4.78 is 5.33. The fourth-order valence-corrected chi connectivity index (χ4v) is 5.06. The standard InChI is InChI=1S/C24H24ClNO3S/c25-20-15-29-21-9-8-19(26-23(20)21)7-6-18-4-1-3-17(13-18)5-2-12-30-16-24(10-11-24)14-22(27)28/h1,3-4,6-9,13,15H,2,5,10-12,14,16H2,(H,27,28). The molecule has 0 bridgehead atoms. The van der Waals surface area contributed by atoms with Gasteiger partial charge in [0.15, 0.2) is 5.58 Å². The van der Waals surface area contributed by atoms with Crippen LogP contribution in [0.3, 0.4) is 0 Å². The maximum Gasteiger partial charge on any atom is 0.303 e. The molecule has 0 amide bonds. The van der Waals surface area contributed by atoms with E-state index in [1.807, 2.05) is 30.0 Å². The lowest BCUT2D eigenvalue weighted by Gasteiger charge is -2.11. The molecule has 0 radical (unpaired) electrons. The van der Waals surface area contributed by atoms with Gasteiger partial charge in [0.1, 0.15) is 16.8 Å². The Labute approximate surface area is 185 Å². The van der Waals surface area contributed by atoms with E-state index in [1.54, 1.807) is 0 Å². The zero-order valence-corrected chi connectivity index (χ0v) is 18.2. The number of halogens is 1. The second-order valence-corrected chi connectivity index (χ2v) is 9.48. The van der Waals surface area contributed by atoms with Gasteiger partial charge in [0.05, 0.1) is 12.1 Å². The predicted molar refractivity (Wildman–Crippen MR) is 124 cm³/mol. The average Bonchev–Trinajstić information content (AvgIpc) is 3.39. The van der Waals surface area contributed by atoms with Crippen molar-refractivity contribution in [2.75, 3.05) is 11.5 Å². The lowest BCUT2D eigenvalue weighted by atomic mass is 10.1. The van der Waals surface area contributed by atoms with Crippen LogP contribution in [0.5, 0.6) is 0 Å². The molecule has 1 aliphatic carbocycles. The zero-order valence-electron chi connectivity index (χ0n) is 16.6. The molecule has 1 saturated carbocycles.